The molecule has 0 bridgehead atoms. The number of anilines is 2. The van der Waals surface area contributed by atoms with Gasteiger partial charge in [0.15, 0.2) is 0 Å². The number of nitrogens with zero attached hydrogens (tertiary/aromatic N) is 1. The number of rotatable bonds is 5. The summed E-state index contributed by atoms with van der Waals surface area (Å²) in [5.74, 6) is -1.12. The Kier molecular flexibility index (Phi) is 5.11. The summed E-state index contributed by atoms with van der Waals surface area (Å²) in [5, 5.41) is 9.23. The number of esters is 1. The number of nitrogen functional groups attached to an aromatic ring is 1. The standard InChI is InChI=1S/C13H19FN2O3/c1-8(17)4-5-16(2)12-6-9(13(18)19-3)11(15)7-10(12)14/h6-8,17H,4-5,15H2,1-3H3. The second-order valence-electron chi connectivity index (χ2n) is 4.44. The second kappa shape index (κ2) is 6.38. The van der Waals surface area contributed by atoms with Crippen LogP contribution < -0.4 is 10.6 Å². The fourth-order valence-electron chi connectivity index (χ4n) is 1.66. The Morgan fingerprint density at radius 2 is 2.21 bits per heavy atom. The molecule has 0 spiro atoms. The monoisotopic (exact) mass is 270 g/mol. The summed E-state index contributed by atoms with van der Waals surface area (Å²) >= 11 is 0. The van der Waals surface area contributed by atoms with Gasteiger partial charge in [0, 0.05) is 19.3 Å². The van der Waals surface area contributed by atoms with Crippen LogP contribution in [0.25, 0.3) is 0 Å². The Hall–Kier alpha value is -1.82. The van der Waals surface area contributed by atoms with E-state index in [0.717, 1.165) is 6.07 Å². The fraction of sp³-hybridized carbons (Fsp3) is 0.462. The summed E-state index contributed by atoms with van der Waals surface area (Å²) in [4.78, 5) is 13.1. The number of aliphatic hydroxyl groups excluding tert-OH is 1. The van der Waals surface area contributed by atoms with Crippen molar-refractivity contribution in [3.63, 3.8) is 0 Å². The number of hydrogen-bond donors (Lipinski definition) is 2. The van der Waals surface area contributed by atoms with E-state index in [2.05, 4.69) is 4.74 Å². The second-order valence-corrected chi connectivity index (χ2v) is 4.44. The smallest absolute Gasteiger partial charge is 0.340 e. The predicted octanol–water partition coefficient (Wildman–Crippen LogP) is 1.40. The summed E-state index contributed by atoms with van der Waals surface area (Å²) in [6.45, 7) is 2.12. The molecule has 0 saturated carbocycles. The van der Waals surface area contributed by atoms with E-state index < -0.39 is 17.9 Å². The van der Waals surface area contributed by atoms with Crippen molar-refractivity contribution >= 4 is 17.3 Å². The number of carbonyl (C=O) groups is 1. The van der Waals surface area contributed by atoms with Crippen LogP contribution >= 0.6 is 0 Å². The molecule has 1 aromatic carbocycles. The Bertz CT molecular complexity index is 463. The molecule has 106 valence electrons. The van der Waals surface area contributed by atoms with Gasteiger partial charge in [-0.25, -0.2) is 9.18 Å². The first-order chi connectivity index (χ1) is 8.86. The molecule has 0 fully saturated rings. The Labute approximate surface area is 111 Å². The van der Waals surface area contributed by atoms with Crippen LogP contribution in [0.3, 0.4) is 0 Å². The normalized spacial score (nSPS) is 12.1. The molecule has 0 heterocycles. The van der Waals surface area contributed by atoms with Gasteiger partial charge < -0.3 is 20.5 Å². The summed E-state index contributed by atoms with van der Waals surface area (Å²) < 4.78 is 18.4. The van der Waals surface area contributed by atoms with Crippen LogP contribution in [0.4, 0.5) is 15.8 Å². The lowest BCUT2D eigenvalue weighted by molar-refractivity contribution is 0.0602. The lowest BCUT2D eigenvalue weighted by Crippen LogP contribution is -2.23. The number of halogens is 1. The number of carbonyl (C=O) groups excluding carboxylic acids is 1. The average Bonchev–Trinajstić information content (AvgIpc) is 2.35. The van der Waals surface area contributed by atoms with Crippen LogP contribution in [-0.4, -0.2) is 37.9 Å². The molecule has 3 N–H and O–H groups in total. The summed E-state index contributed by atoms with van der Waals surface area (Å²) in [5.41, 5.74) is 6.00. The van der Waals surface area contributed by atoms with Crippen LogP contribution in [0, 0.1) is 5.82 Å². The minimum atomic E-state index is -0.609. The number of nitrogens with two attached hydrogens (primary N) is 1. The van der Waals surface area contributed by atoms with E-state index in [1.54, 1.807) is 18.9 Å². The van der Waals surface area contributed by atoms with Crippen molar-refractivity contribution in [3.05, 3.63) is 23.5 Å². The van der Waals surface area contributed by atoms with Crippen LogP contribution in [0.2, 0.25) is 0 Å². The fourth-order valence-corrected chi connectivity index (χ4v) is 1.66. The number of benzene rings is 1. The van der Waals surface area contributed by atoms with Gasteiger partial charge in [0.1, 0.15) is 5.82 Å². The van der Waals surface area contributed by atoms with Gasteiger partial charge in [-0.05, 0) is 25.5 Å². The lowest BCUT2D eigenvalue weighted by Gasteiger charge is -2.21. The van der Waals surface area contributed by atoms with Crippen molar-refractivity contribution in [1.82, 2.24) is 0 Å². The molecular formula is C13H19FN2O3. The molecule has 19 heavy (non-hydrogen) atoms. The molecule has 0 saturated heterocycles. The topological polar surface area (TPSA) is 75.8 Å². The molecule has 0 radical (unpaired) electrons. The highest BCUT2D eigenvalue weighted by molar-refractivity contribution is 5.96. The maximum absolute atomic E-state index is 13.8. The highest BCUT2D eigenvalue weighted by Crippen LogP contribution is 2.25. The molecule has 0 aliphatic rings. The van der Waals surface area contributed by atoms with E-state index in [-0.39, 0.29) is 16.9 Å². The van der Waals surface area contributed by atoms with Gasteiger partial charge in [0.05, 0.1) is 24.5 Å². The molecule has 0 aromatic heterocycles. The summed E-state index contributed by atoms with van der Waals surface area (Å²) in [7, 11) is 2.92. The van der Waals surface area contributed by atoms with E-state index >= 15 is 0 Å². The average molecular weight is 270 g/mol. The third-order valence-electron chi connectivity index (χ3n) is 2.82. The van der Waals surface area contributed by atoms with Crippen molar-refractivity contribution in [2.45, 2.75) is 19.4 Å². The molecule has 1 unspecified atom stereocenters. The summed E-state index contributed by atoms with van der Waals surface area (Å²) in [6.07, 6.45) is 0.0211. The van der Waals surface area contributed by atoms with Gasteiger partial charge >= 0.3 is 5.97 Å². The van der Waals surface area contributed by atoms with Gasteiger partial charge in [-0.15, -0.1) is 0 Å². The molecule has 1 atom stereocenters. The van der Waals surface area contributed by atoms with Crippen molar-refractivity contribution in [2.24, 2.45) is 0 Å². The van der Waals surface area contributed by atoms with Crippen LogP contribution in [0.1, 0.15) is 23.7 Å². The Morgan fingerprint density at radius 1 is 1.58 bits per heavy atom. The van der Waals surface area contributed by atoms with E-state index in [1.165, 1.54) is 13.2 Å². The number of aliphatic hydroxyl groups is 1. The van der Waals surface area contributed by atoms with Crippen molar-refractivity contribution < 1.29 is 19.0 Å². The minimum absolute atomic E-state index is 0.0389. The van der Waals surface area contributed by atoms with Crippen LogP contribution in [-0.2, 0) is 4.74 Å². The maximum atomic E-state index is 13.8. The highest BCUT2D eigenvalue weighted by atomic mass is 19.1. The predicted molar refractivity (Wildman–Crippen MR) is 71.7 cm³/mol. The van der Waals surface area contributed by atoms with Gasteiger partial charge in [-0.2, -0.15) is 0 Å². The minimum Gasteiger partial charge on any atom is -0.465 e. The highest BCUT2D eigenvalue weighted by Gasteiger charge is 2.17. The van der Waals surface area contributed by atoms with Crippen LogP contribution in [0.15, 0.2) is 12.1 Å². The molecule has 6 heteroatoms. The molecule has 1 aromatic rings. The van der Waals surface area contributed by atoms with E-state index in [1.807, 2.05) is 0 Å². The zero-order valence-electron chi connectivity index (χ0n) is 11.3. The van der Waals surface area contributed by atoms with Crippen molar-refractivity contribution in [1.29, 1.82) is 0 Å². The molecular weight excluding hydrogens is 251 g/mol. The van der Waals surface area contributed by atoms with E-state index in [4.69, 9.17) is 5.73 Å². The third-order valence-corrected chi connectivity index (χ3v) is 2.82. The zero-order valence-corrected chi connectivity index (χ0v) is 11.3. The van der Waals surface area contributed by atoms with E-state index in [0.29, 0.717) is 13.0 Å². The molecule has 0 aliphatic carbocycles. The van der Waals surface area contributed by atoms with Crippen molar-refractivity contribution in [3.8, 4) is 0 Å². The SMILES string of the molecule is COC(=O)c1cc(N(C)CCC(C)O)c(F)cc1N. The first-order valence-electron chi connectivity index (χ1n) is 5.93. The van der Waals surface area contributed by atoms with Crippen molar-refractivity contribution in [2.75, 3.05) is 31.3 Å². The quantitative estimate of drug-likeness (QED) is 0.625. The van der Waals surface area contributed by atoms with Gasteiger partial charge in [0.25, 0.3) is 0 Å². The van der Waals surface area contributed by atoms with Crippen LogP contribution in [0.5, 0.6) is 0 Å². The van der Waals surface area contributed by atoms with Gasteiger partial charge in [-0.1, -0.05) is 0 Å². The van der Waals surface area contributed by atoms with E-state index in [9.17, 15) is 14.3 Å². The zero-order chi connectivity index (χ0) is 14.6. The molecule has 5 nitrogen and oxygen atoms in total. The first-order valence-corrected chi connectivity index (χ1v) is 5.93. The molecule has 0 amide bonds. The van der Waals surface area contributed by atoms with Gasteiger partial charge in [0.2, 0.25) is 0 Å². The first kappa shape index (κ1) is 15.2. The number of hydrogen-bond acceptors (Lipinski definition) is 5. The largest absolute Gasteiger partial charge is 0.465 e. The maximum Gasteiger partial charge on any atom is 0.340 e. The third kappa shape index (κ3) is 3.82. The Morgan fingerprint density at radius 3 is 2.74 bits per heavy atom. The summed E-state index contributed by atoms with van der Waals surface area (Å²) in [6, 6.07) is 2.46. The Balaban J connectivity index is 3.03. The lowest BCUT2D eigenvalue weighted by atomic mass is 10.1. The van der Waals surface area contributed by atoms with Gasteiger partial charge in [-0.3, -0.25) is 0 Å². The molecule has 1 rings (SSSR count). The number of ether oxygens (including phenoxy) is 1. The number of methoxy groups -OCH3 is 1. The molecule has 0 aliphatic heterocycles.